The van der Waals surface area contributed by atoms with Gasteiger partial charge in [-0.3, -0.25) is 0 Å². The Morgan fingerprint density at radius 3 is 0.351 bits per heavy atom. The lowest BCUT2D eigenvalue weighted by atomic mass is 10.0. The maximum absolute atomic E-state index is 6.32. The Bertz CT molecular complexity index is 3880. The molecule has 0 aliphatic heterocycles. The largest absolute Gasteiger partial charge is 0.494 e. The summed E-state index contributed by atoms with van der Waals surface area (Å²) in [5.41, 5.74) is 3.49. The number of methoxy groups -OCH3 is 6. The molecule has 528 valence electrons. The molecule has 0 aromatic heterocycles. The lowest BCUT2D eigenvalue weighted by Crippen LogP contribution is -1.96. The van der Waals surface area contributed by atoms with Crippen molar-refractivity contribution in [3.8, 4) is 68.2 Å². The molecule has 0 aliphatic carbocycles. The standard InChI is InChI=1S/C14H6Cl8O3.C14H6Cl8O2.C14H6Cl8.C8H6Cl4O2.C8H6Cl4/c1-23-11-3(15)7(19)13(8(20)4(11)16)25-14-9(21)5(17)12(24-2)6(18)10(14)22;1-23-13-9(19)5(15)3(6(16)10(13)20)4-7(17)11(21)14(24-2)12(22)8(4)18;1-3-7(15)11(19)5(12(20)8(3)16)6-13(21)9(17)4(2)10(18)14(6)22;1-13-7-3(9)5(11)8(14-2)6(12)4(7)10;1-3-5(9)7(11)4(2)8(12)6(3)10/h1-2H3;1-2H3;1-2H3;1-2H3;1-2H3. The van der Waals surface area contributed by atoms with E-state index in [1.54, 1.807) is 27.7 Å². The van der Waals surface area contributed by atoms with Crippen LogP contribution in [0.4, 0.5) is 0 Å². The van der Waals surface area contributed by atoms with E-state index in [4.69, 9.17) is 404 Å². The van der Waals surface area contributed by atoms with Gasteiger partial charge in [0.15, 0.2) is 46.0 Å². The van der Waals surface area contributed by atoms with Gasteiger partial charge in [-0.15, -0.1) is 0 Å². The highest BCUT2D eigenvalue weighted by Crippen LogP contribution is 2.60. The first-order chi connectivity index (χ1) is 45.0. The van der Waals surface area contributed by atoms with E-state index >= 15 is 0 Å². The molecule has 0 saturated heterocycles. The average Bonchev–Trinajstić information content (AvgIpc) is 1.79. The van der Waals surface area contributed by atoms with Crippen molar-refractivity contribution in [3.63, 3.8) is 0 Å². The smallest absolute Gasteiger partial charge is 0.168 e. The zero-order valence-electron chi connectivity index (χ0n) is 49.0. The maximum atomic E-state index is 6.32. The topological polar surface area (TPSA) is 64.6 Å². The number of hydrogen-bond acceptors (Lipinski definition) is 7. The van der Waals surface area contributed by atoms with Gasteiger partial charge in [-0.25, -0.2) is 0 Å². The molecular weight excluding hydrogens is 1940 g/mol. The fraction of sp³-hybridized carbons (Fsp3) is 0.172. The third-order valence-corrected chi connectivity index (χ3v) is 26.7. The minimum absolute atomic E-state index is 0.00785. The van der Waals surface area contributed by atoms with Crippen LogP contribution in [0.15, 0.2) is 0 Å². The number of rotatable bonds is 10. The van der Waals surface area contributed by atoms with E-state index in [0.29, 0.717) is 42.3 Å². The molecular formula is C58H30Cl32O7. The van der Waals surface area contributed by atoms with Gasteiger partial charge < -0.3 is 33.2 Å². The number of benzene rings is 8. The Labute approximate surface area is 716 Å². The molecule has 0 radical (unpaired) electrons. The number of hydrogen-bond donors (Lipinski definition) is 0. The maximum Gasteiger partial charge on any atom is 0.168 e. The molecule has 8 aromatic carbocycles. The summed E-state index contributed by atoms with van der Waals surface area (Å²) < 4.78 is 35.9. The van der Waals surface area contributed by atoms with Crippen LogP contribution >= 0.6 is 371 Å². The summed E-state index contributed by atoms with van der Waals surface area (Å²) in [7, 11) is 8.31. The summed E-state index contributed by atoms with van der Waals surface area (Å²) in [6, 6.07) is 0. The molecule has 0 N–H and O–H groups in total. The lowest BCUT2D eigenvalue weighted by Gasteiger charge is -2.19. The van der Waals surface area contributed by atoms with E-state index in [1.807, 2.05) is 0 Å². The van der Waals surface area contributed by atoms with E-state index < -0.39 is 0 Å². The minimum atomic E-state index is -0.0970. The molecule has 0 spiro atoms. The van der Waals surface area contributed by atoms with Crippen LogP contribution in [0.2, 0.25) is 161 Å². The molecule has 0 unspecified atom stereocenters. The summed E-state index contributed by atoms with van der Waals surface area (Å²) in [4.78, 5) is 0. The molecule has 0 atom stereocenters. The Balaban J connectivity index is 0.000000264. The van der Waals surface area contributed by atoms with Crippen LogP contribution in [0, 0.1) is 27.7 Å². The van der Waals surface area contributed by atoms with Crippen molar-refractivity contribution in [2.45, 2.75) is 27.7 Å². The van der Waals surface area contributed by atoms with Crippen molar-refractivity contribution in [2.75, 3.05) is 42.7 Å². The zero-order chi connectivity index (χ0) is 74.7. The molecule has 0 aliphatic rings. The number of halogens is 32. The molecule has 0 saturated carbocycles. The van der Waals surface area contributed by atoms with Crippen LogP contribution in [0.5, 0.6) is 46.0 Å². The van der Waals surface area contributed by atoms with Gasteiger partial charge in [-0.1, -0.05) is 371 Å². The zero-order valence-corrected chi connectivity index (χ0v) is 73.1. The molecule has 39 heteroatoms. The molecule has 0 bridgehead atoms. The van der Waals surface area contributed by atoms with Crippen molar-refractivity contribution in [1.29, 1.82) is 0 Å². The average molecular weight is 1970 g/mol. The number of ether oxygens (including phenoxy) is 7. The molecule has 0 amide bonds. The fourth-order valence-electron chi connectivity index (χ4n) is 7.57. The highest BCUT2D eigenvalue weighted by atomic mass is 35.5. The second-order valence-corrected chi connectivity index (χ2v) is 30.1. The normalized spacial score (nSPS) is 10.8. The van der Waals surface area contributed by atoms with E-state index in [-0.39, 0.29) is 198 Å². The first-order valence-corrected chi connectivity index (χ1v) is 36.7. The van der Waals surface area contributed by atoms with Gasteiger partial charge in [-0.2, -0.15) is 0 Å². The highest BCUT2D eigenvalue weighted by molar-refractivity contribution is 6.59. The van der Waals surface area contributed by atoms with Crippen molar-refractivity contribution in [3.05, 3.63) is 183 Å². The lowest BCUT2D eigenvalue weighted by molar-refractivity contribution is 0.404. The quantitative estimate of drug-likeness (QED) is 0.126. The fourth-order valence-corrected chi connectivity index (χ4v) is 16.5. The van der Waals surface area contributed by atoms with Crippen LogP contribution in [0.25, 0.3) is 22.3 Å². The Hall–Kier alpha value is 1.64. The van der Waals surface area contributed by atoms with Crippen molar-refractivity contribution in [2.24, 2.45) is 0 Å². The Morgan fingerprint density at radius 2 is 0.227 bits per heavy atom. The molecule has 0 fully saturated rings. The van der Waals surface area contributed by atoms with E-state index in [1.165, 1.54) is 42.7 Å². The third kappa shape index (κ3) is 18.9. The highest BCUT2D eigenvalue weighted by Gasteiger charge is 2.32. The van der Waals surface area contributed by atoms with Gasteiger partial charge >= 0.3 is 0 Å². The van der Waals surface area contributed by atoms with E-state index in [0.717, 1.165) is 11.1 Å². The van der Waals surface area contributed by atoms with E-state index in [9.17, 15) is 0 Å². The van der Waals surface area contributed by atoms with Gasteiger partial charge in [0.2, 0.25) is 0 Å². The van der Waals surface area contributed by atoms with Crippen LogP contribution in [0.3, 0.4) is 0 Å². The summed E-state index contributed by atoms with van der Waals surface area (Å²) in [6.07, 6.45) is 0. The summed E-state index contributed by atoms with van der Waals surface area (Å²) in [5, 5.41) is 4.34. The molecule has 8 rings (SSSR count). The predicted molar refractivity (Wildman–Crippen MR) is 428 cm³/mol. The van der Waals surface area contributed by atoms with Gasteiger partial charge in [0.1, 0.15) is 80.4 Å². The second-order valence-electron chi connectivity index (χ2n) is 18.0. The molecule has 97 heavy (non-hydrogen) atoms. The first-order valence-electron chi connectivity index (χ1n) is 24.6. The molecule has 7 nitrogen and oxygen atoms in total. The SMILES string of the molecule is COc1c(Cl)c(Cl)c(-c2c(Cl)c(Cl)c(OC)c(Cl)c2Cl)c(Cl)c1Cl.COc1c(Cl)c(Cl)c(OC)c(Cl)c1Cl.COc1c(Cl)c(Cl)c(Oc2c(Cl)c(Cl)c(OC)c(Cl)c2Cl)c(Cl)c1Cl.Cc1c(Cl)c(Cl)c(-c2c(Cl)c(Cl)c(C)c(Cl)c2Cl)c(Cl)c1Cl.Cc1c(Cl)c(Cl)c(C)c(Cl)c1Cl. The minimum Gasteiger partial charge on any atom is -0.494 e. The van der Waals surface area contributed by atoms with Gasteiger partial charge in [-0.05, 0) is 49.9 Å². The predicted octanol–water partition coefficient (Wildman–Crippen LogP) is 35.8. The Morgan fingerprint density at radius 1 is 0.134 bits per heavy atom. The van der Waals surface area contributed by atoms with Crippen molar-refractivity contribution in [1.82, 2.24) is 0 Å². The van der Waals surface area contributed by atoms with Crippen LogP contribution in [0.1, 0.15) is 22.3 Å². The van der Waals surface area contributed by atoms with Gasteiger partial charge in [0, 0.05) is 22.3 Å². The van der Waals surface area contributed by atoms with Crippen molar-refractivity contribution < 1.29 is 33.2 Å². The summed E-state index contributed by atoms with van der Waals surface area (Å²) >= 11 is 196. The van der Waals surface area contributed by atoms with Crippen LogP contribution in [-0.2, 0) is 0 Å². The van der Waals surface area contributed by atoms with E-state index in [2.05, 4.69) is 0 Å². The summed E-state index contributed by atoms with van der Waals surface area (Å²) in [6.45, 7) is 6.96. The Kier molecular flexibility index (Phi) is 36.7. The van der Waals surface area contributed by atoms with Gasteiger partial charge in [0.25, 0.3) is 0 Å². The van der Waals surface area contributed by atoms with Crippen LogP contribution in [-0.4, -0.2) is 42.7 Å². The molecule has 0 heterocycles. The second kappa shape index (κ2) is 39.1. The molecule has 8 aromatic rings. The summed E-state index contributed by atoms with van der Waals surface area (Å²) in [5.74, 6) is 0.709. The van der Waals surface area contributed by atoms with Crippen molar-refractivity contribution >= 4 is 371 Å². The first kappa shape index (κ1) is 91.0. The van der Waals surface area contributed by atoms with Gasteiger partial charge in [0.05, 0.1) is 123 Å². The third-order valence-electron chi connectivity index (χ3n) is 12.6. The monoisotopic (exact) mass is 1960 g/mol. The van der Waals surface area contributed by atoms with Crippen LogP contribution < -0.4 is 33.2 Å².